The van der Waals surface area contributed by atoms with Gasteiger partial charge in [-0.2, -0.15) is 0 Å². The number of anilines is 2. The van der Waals surface area contributed by atoms with Crippen LogP contribution in [0, 0.1) is 11.8 Å². The molecule has 2 aromatic rings. The minimum absolute atomic E-state index is 0.870. The average molecular weight is 285 g/mol. The van der Waals surface area contributed by atoms with Gasteiger partial charge in [-0.15, -0.1) is 0 Å². The molecule has 0 amide bonds. The van der Waals surface area contributed by atoms with Crippen molar-refractivity contribution in [2.75, 3.05) is 29.9 Å². The first-order chi connectivity index (χ1) is 10.3. The van der Waals surface area contributed by atoms with Crippen LogP contribution in [0.15, 0.2) is 18.6 Å². The van der Waals surface area contributed by atoms with Gasteiger partial charge in [0, 0.05) is 32.0 Å². The molecular formula is C16H23N5. The molecule has 1 aliphatic heterocycles. The third kappa shape index (κ3) is 2.24. The first-order valence-corrected chi connectivity index (χ1v) is 8.17. The van der Waals surface area contributed by atoms with E-state index in [0.29, 0.717) is 0 Å². The maximum Gasteiger partial charge on any atom is 0.180 e. The normalized spacial score (nSPS) is 24.7. The predicted molar refractivity (Wildman–Crippen MR) is 84.8 cm³/mol. The van der Waals surface area contributed by atoms with Crippen LogP contribution in [-0.4, -0.2) is 34.0 Å². The van der Waals surface area contributed by atoms with E-state index in [9.17, 15) is 0 Å². The zero-order valence-corrected chi connectivity index (χ0v) is 12.6. The van der Waals surface area contributed by atoms with Crippen LogP contribution in [0.3, 0.4) is 0 Å². The van der Waals surface area contributed by atoms with Crippen LogP contribution in [0.25, 0.3) is 5.65 Å². The van der Waals surface area contributed by atoms with E-state index >= 15 is 0 Å². The van der Waals surface area contributed by atoms with E-state index in [0.717, 1.165) is 55.2 Å². The van der Waals surface area contributed by atoms with Crippen LogP contribution >= 0.6 is 0 Å². The van der Waals surface area contributed by atoms with E-state index in [1.807, 2.05) is 18.6 Å². The molecule has 21 heavy (non-hydrogen) atoms. The highest BCUT2D eigenvalue weighted by Crippen LogP contribution is 2.39. The minimum Gasteiger partial charge on any atom is -0.369 e. The van der Waals surface area contributed by atoms with Crippen LogP contribution in [0.1, 0.15) is 32.6 Å². The number of nitrogens with one attached hydrogen (secondary N) is 1. The summed E-state index contributed by atoms with van der Waals surface area (Å²) in [6, 6.07) is 0. The number of fused-ring (bicyclic) bond motifs is 2. The van der Waals surface area contributed by atoms with Crippen molar-refractivity contribution in [1.29, 1.82) is 0 Å². The first-order valence-electron chi connectivity index (χ1n) is 8.17. The van der Waals surface area contributed by atoms with Crippen molar-refractivity contribution >= 4 is 17.3 Å². The zero-order valence-electron chi connectivity index (χ0n) is 12.6. The topological polar surface area (TPSA) is 45.5 Å². The molecule has 1 saturated heterocycles. The summed E-state index contributed by atoms with van der Waals surface area (Å²) in [5.41, 5.74) is 0.983. The predicted octanol–water partition coefficient (Wildman–Crippen LogP) is 2.79. The second-order valence-corrected chi connectivity index (χ2v) is 6.39. The number of hydrogen-bond donors (Lipinski definition) is 1. The third-order valence-corrected chi connectivity index (χ3v) is 4.94. The van der Waals surface area contributed by atoms with Gasteiger partial charge in [0.25, 0.3) is 0 Å². The molecule has 0 spiro atoms. The Morgan fingerprint density at radius 3 is 2.86 bits per heavy atom. The van der Waals surface area contributed by atoms with Gasteiger partial charge < -0.3 is 14.6 Å². The van der Waals surface area contributed by atoms with Crippen molar-refractivity contribution in [3.8, 4) is 0 Å². The van der Waals surface area contributed by atoms with Crippen LogP contribution < -0.4 is 10.2 Å². The van der Waals surface area contributed by atoms with Crippen LogP contribution in [0.5, 0.6) is 0 Å². The number of rotatable bonds is 4. The second kappa shape index (κ2) is 5.20. The lowest BCUT2D eigenvalue weighted by molar-refractivity contribution is 0.494. The molecule has 0 bridgehead atoms. The summed E-state index contributed by atoms with van der Waals surface area (Å²) in [5, 5.41) is 3.40. The van der Waals surface area contributed by atoms with Crippen molar-refractivity contribution in [3.05, 3.63) is 18.6 Å². The lowest BCUT2D eigenvalue weighted by atomic mass is 10.0. The summed E-state index contributed by atoms with van der Waals surface area (Å²) in [5.74, 6) is 3.74. The molecule has 2 fully saturated rings. The van der Waals surface area contributed by atoms with Gasteiger partial charge in [0.1, 0.15) is 5.82 Å². The fourth-order valence-corrected chi connectivity index (χ4v) is 3.87. The maximum absolute atomic E-state index is 4.85. The molecule has 2 aromatic heterocycles. The summed E-state index contributed by atoms with van der Waals surface area (Å²) in [4.78, 5) is 11.8. The van der Waals surface area contributed by atoms with E-state index in [1.54, 1.807) is 0 Å². The van der Waals surface area contributed by atoms with Gasteiger partial charge in [-0.25, -0.2) is 9.97 Å². The summed E-state index contributed by atoms with van der Waals surface area (Å²) in [7, 11) is 0. The molecule has 0 radical (unpaired) electrons. The van der Waals surface area contributed by atoms with Gasteiger partial charge in [-0.1, -0.05) is 13.3 Å². The lowest BCUT2D eigenvalue weighted by Crippen LogP contribution is -2.23. The molecule has 1 saturated carbocycles. The zero-order chi connectivity index (χ0) is 14.2. The number of nitrogens with zero attached hydrogens (tertiary/aromatic N) is 4. The average Bonchev–Trinajstić information content (AvgIpc) is 3.18. The highest BCUT2D eigenvalue weighted by molar-refractivity contribution is 5.67. The molecular weight excluding hydrogens is 262 g/mol. The van der Waals surface area contributed by atoms with Gasteiger partial charge in [0.2, 0.25) is 0 Å². The largest absolute Gasteiger partial charge is 0.369 e. The molecule has 2 aliphatic rings. The highest BCUT2D eigenvalue weighted by atomic mass is 15.3. The van der Waals surface area contributed by atoms with Crippen molar-refractivity contribution in [3.63, 3.8) is 0 Å². The molecule has 112 valence electrons. The lowest BCUT2D eigenvalue weighted by Gasteiger charge is -2.20. The van der Waals surface area contributed by atoms with Gasteiger partial charge in [0.05, 0.1) is 6.20 Å². The molecule has 3 heterocycles. The van der Waals surface area contributed by atoms with Crippen LogP contribution in [0.2, 0.25) is 0 Å². The van der Waals surface area contributed by atoms with E-state index < -0.39 is 0 Å². The standard InChI is InChI=1S/C16H23N5/c1-2-6-17-14-11-20-8-7-18-15(20)16(19-14)21-9-12-4-3-5-13(12)10-21/h7-8,11-13,17H,2-6,9-10H2,1H3. The Labute approximate surface area is 125 Å². The SMILES string of the molecule is CCCNc1cn2ccnc2c(N2CC3CCCC3C2)n1. The van der Waals surface area contributed by atoms with Gasteiger partial charge in [-0.05, 0) is 31.1 Å². The van der Waals surface area contributed by atoms with E-state index in [2.05, 4.69) is 26.5 Å². The minimum atomic E-state index is 0.870. The van der Waals surface area contributed by atoms with Crippen molar-refractivity contribution in [2.45, 2.75) is 32.6 Å². The number of hydrogen-bond acceptors (Lipinski definition) is 4. The van der Waals surface area contributed by atoms with E-state index in [-0.39, 0.29) is 0 Å². The van der Waals surface area contributed by atoms with Gasteiger partial charge in [-0.3, -0.25) is 0 Å². The molecule has 4 rings (SSSR count). The molecule has 1 N–H and O–H groups in total. The molecule has 5 heteroatoms. The van der Waals surface area contributed by atoms with Crippen LogP contribution in [-0.2, 0) is 0 Å². The highest BCUT2D eigenvalue weighted by Gasteiger charge is 2.37. The summed E-state index contributed by atoms with van der Waals surface area (Å²) in [6.07, 6.45) is 11.2. The first kappa shape index (κ1) is 12.9. The second-order valence-electron chi connectivity index (χ2n) is 6.39. The Morgan fingerprint density at radius 2 is 2.10 bits per heavy atom. The molecule has 2 unspecified atom stereocenters. The fraction of sp³-hybridized carbons (Fsp3) is 0.625. The van der Waals surface area contributed by atoms with Crippen molar-refractivity contribution in [2.24, 2.45) is 11.8 Å². The van der Waals surface area contributed by atoms with E-state index in [1.165, 1.54) is 19.3 Å². The number of aromatic nitrogens is 3. The molecule has 2 atom stereocenters. The Bertz CT molecular complexity index is 623. The summed E-state index contributed by atoms with van der Waals surface area (Å²) < 4.78 is 2.09. The monoisotopic (exact) mass is 285 g/mol. The Balaban J connectivity index is 1.68. The van der Waals surface area contributed by atoms with E-state index in [4.69, 9.17) is 4.98 Å². The van der Waals surface area contributed by atoms with Gasteiger partial charge in [0.15, 0.2) is 11.5 Å². The quantitative estimate of drug-likeness (QED) is 0.938. The molecule has 0 aromatic carbocycles. The molecule has 1 aliphatic carbocycles. The van der Waals surface area contributed by atoms with Crippen molar-refractivity contribution < 1.29 is 0 Å². The van der Waals surface area contributed by atoms with Gasteiger partial charge >= 0.3 is 0 Å². The molecule has 5 nitrogen and oxygen atoms in total. The summed E-state index contributed by atoms with van der Waals surface area (Å²) >= 11 is 0. The summed E-state index contributed by atoms with van der Waals surface area (Å²) in [6.45, 7) is 5.43. The number of imidazole rings is 1. The Hall–Kier alpha value is -1.78. The third-order valence-electron chi connectivity index (χ3n) is 4.94. The Kier molecular flexibility index (Phi) is 3.20. The Morgan fingerprint density at radius 1 is 1.29 bits per heavy atom. The maximum atomic E-state index is 4.85. The van der Waals surface area contributed by atoms with Crippen LogP contribution in [0.4, 0.5) is 11.6 Å². The van der Waals surface area contributed by atoms with Crippen molar-refractivity contribution in [1.82, 2.24) is 14.4 Å². The fourth-order valence-electron chi connectivity index (χ4n) is 3.87. The smallest absolute Gasteiger partial charge is 0.180 e.